The average Bonchev–Trinajstić information content (AvgIpc) is 2.53. The second-order valence-electron chi connectivity index (χ2n) is 7.45. The van der Waals surface area contributed by atoms with Gasteiger partial charge in [0.25, 0.3) is 0 Å². The third kappa shape index (κ3) is 19.5. The van der Waals surface area contributed by atoms with Crippen LogP contribution in [0.5, 0.6) is 0 Å². The van der Waals surface area contributed by atoms with Crippen molar-refractivity contribution in [3.05, 3.63) is 0 Å². The van der Waals surface area contributed by atoms with E-state index in [1.165, 1.54) is 96.3 Å². The second kappa shape index (κ2) is 18.8. The van der Waals surface area contributed by atoms with Crippen molar-refractivity contribution < 1.29 is 9.90 Å². The van der Waals surface area contributed by atoms with Gasteiger partial charge >= 0.3 is 5.97 Å². The van der Waals surface area contributed by atoms with Gasteiger partial charge in [0, 0.05) is 6.04 Å². The van der Waals surface area contributed by atoms with E-state index in [1.807, 2.05) is 0 Å². The zero-order valence-electron chi connectivity index (χ0n) is 16.2. The molecule has 0 fully saturated rings. The highest BCUT2D eigenvalue weighted by Gasteiger charge is 2.06. The molecule has 0 aromatic rings. The van der Waals surface area contributed by atoms with E-state index in [-0.39, 0.29) is 12.5 Å². The summed E-state index contributed by atoms with van der Waals surface area (Å²) in [5, 5.41) is 8.64. The third-order valence-electron chi connectivity index (χ3n) is 4.87. The number of hydrogen-bond acceptors (Lipinski definition) is 2. The van der Waals surface area contributed by atoms with Crippen molar-refractivity contribution in [1.82, 2.24) is 0 Å². The average molecular weight is 342 g/mol. The summed E-state index contributed by atoms with van der Waals surface area (Å²) >= 11 is 0. The molecule has 0 spiro atoms. The molecule has 0 aliphatic rings. The van der Waals surface area contributed by atoms with Crippen LogP contribution in [0.4, 0.5) is 0 Å². The molecule has 24 heavy (non-hydrogen) atoms. The lowest BCUT2D eigenvalue weighted by Gasteiger charge is -2.08. The lowest BCUT2D eigenvalue weighted by atomic mass is 10.0. The largest absolute Gasteiger partial charge is 0.481 e. The quantitative estimate of drug-likeness (QED) is 0.266. The highest BCUT2D eigenvalue weighted by molar-refractivity contribution is 5.67. The first-order chi connectivity index (χ1) is 11.7. The zero-order valence-corrected chi connectivity index (χ0v) is 16.2. The monoisotopic (exact) mass is 341 g/mol. The normalized spacial score (nSPS) is 12.4. The molecule has 3 N–H and O–H groups in total. The van der Waals surface area contributed by atoms with Crippen molar-refractivity contribution in [1.29, 1.82) is 0 Å². The van der Waals surface area contributed by atoms with E-state index in [0.717, 1.165) is 12.8 Å². The number of nitrogens with two attached hydrogens (primary N) is 1. The number of unbranched alkanes of at least 4 members (excludes halogenated alkanes) is 15. The van der Waals surface area contributed by atoms with Crippen LogP contribution in [-0.4, -0.2) is 17.1 Å². The molecule has 3 nitrogen and oxygen atoms in total. The molecule has 3 heteroatoms. The van der Waals surface area contributed by atoms with Crippen LogP contribution in [0.3, 0.4) is 0 Å². The smallest absolute Gasteiger partial charge is 0.304 e. The van der Waals surface area contributed by atoms with Gasteiger partial charge in [0.15, 0.2) is 0 Å². The summed E-state index contributed by atoms with van der Waals surface area (Å²) in [6, 6.07) is -0.158. The summed E-state index contributed by atoms with van der Waals surface area (Å²) in [7, 11) is 0. The molecular weight excluding hydrogens is 298 g/mol. The molecule has 0 bridgehead atoms. The van der Waals surface area contributed by atoms with E-state index < -0.39 is 5.97 Å². The molecule has 0 rings (SSSR count). The predicted octanol–water partition coefficient (Wildman–Crippen LogP) is 6.44. The van der Waals surface area contributed by atoms with Gasteiger partial charge in [0.1, 0.15) is 0 Å². The van der Waals surface area contributed by atoms with Gasteiger partial charge in [-0.2, -0.15) is 0 Å². The Bertz CT molecular complexity index is 269. The maximum atomic E-state index is 10.5. The molecule has 144 valence electrons. The number of carbonyl (C=O) groups is 1. The molecule has 1 unspecified atom stereocenters. The molecule has 0 aliphatic heterocycles. The fraction of sp³-hybridized carbons (Fsp3) is 0.952. The van der Waals surface area contributed by atoms with Crippen LogP contribution < -0.4 is 5.73 Å². The van der Waals surface area contributed by atoms with E-state index >= 15 is 0 Å². The first-order valence-electron chi connectivity index (χ1n) is 10.6. The molecular formula is C21H43NO2. The summed E-state index contributed by atoms with van der Waals surface area (Å²) < 4.78 is 0. The highest BCUT2D eigenvalue weighted by Crippen LogP contribution is 2.14. The van der Waals surface area contributed by atoms with Crippen LogP contribution >= 0.6 is 0 Å². The Morgan fingerprint density at radius 2 is 1.04 bits per heavy atom. The second-order valence-corrected chi connectivity index (χ2v) is 7.45. The molecule has 0 radical (unpaired) electrons. The Balaban J connectivity index is 3.06. The van der Waals surface area contributed by atoms with Crippen molar-refractivity contribution >= 4 is 5.97 Å². The van der Waals surface area contributed by atoms with Crippen molar-refractivity contribution in [2.24, 2.45) is 5.73 Å². The fourth-order valence-corrected chi connectivity index (χ4v) is 3.28. The zero-order chi connectivity index (χ0) is 17.9. The Hall–Kier alpha value is -0.570. The summed E-state index contributed by atoms with van der Waals surface area (Å²) in [4.78, 5) is 10.5. The highest BCUT2D eigenvalue weighted by atomic mass is 16.4. The lowest BCUT2D eigenvalue weighted by molar-refractivity contribution is -0.137. The Morgan fingerprint density at radius 3 is 1.38 bits per heavy atom. The minimum atomic E-state index is -0.779. The van der Waals surface area contributed by atoms with Crippen LogP contribution in [-0.2, 0) is 4.79 Å². The van der Waals surface area contributed by atoms with Crippen molar-refractivity contribution in [2.75, 3.05) is 0 Å². The van der Waals surface area contributed by atoms with Gasteiger partial charge in [-0.05, 0) is 6.42 Å². The standard InChI is InChI=1S/C21H43NO2/c1-2-3-4-5-6-7-8-9-10-11-12-13-14-15-16-17-18-20(22)19-21(23)24/h20H,2-19,22H2,1H3,(H,23,24). The van der Waals surface area contributed by atoms with Crippen LogP contribution in [0.25, 0.3) is 0 Å². The number of aliphatic carboxylic acids is 1. The number of hydrogen-bond donors (Lipinski definition) is 2. The van der Waals surface area contributed by atoms with Gasteiger partial charge in [-0.25, -0.2) is 0 Å². The first-order valence-corrected chi connectivity index (χ1v) is 10.6. The lowest BCUT2D eigenvalue weighted by Crippen LogP contribution is -2.23. The molecule has 0 heterocycles. The van der Waals surface area contributed by atoms with E-state index in [0.29, 0.717) is 0 Å². The summed E-state index contributed by atoms with van der Waals surface area (Å²) in [6.45, 7) is 2.28. The van der Waals surface area contributed by atoms with Crippen LogP contribution in [0, 0.1) is 0 Å². The maximum Gasteiger partial charge on any atom is 0.304 e. The topological polar surface area (TPSA) is 63.3 Å². The third-order valence-corrected chi connectivity index (χ3v) is 4.87. The van der Waals surface area contributed by atoms with Gasteiger partial charge in [0.05, 0.1) is 6.42 Å². The van der Waals surface area contributed by atoms with Gasteiger partial charge in [-0.1, -0.05) is 110 Å². The summed E-state index contributed by atoms with van der Waals surface area (Å²) in [5.74, 6) is -0.779. The van der Waals surface area contributed by atoms with Crippen LogP contribution in [0.1, 0.15) is 122 Å². The molecule has 0 amide bonds. The first kappa shape index (κ1) is 23.4. The summed E-state index contributed by atoms with van der Waals surface area (Å²) in [6.07, 6.45) is 22.8. The van der Waals surface area contributed by atoms with E-state index in [9.17, 15) is 4.79 Å². The summed E-state index contributed by atoms with van der Waals surface area (Å²) in [5.41, 5.74) is 5.75. The predicted molar refractivity (Wildman–Crippen MR) is 104 cm³/mol. The number of rotatable bonds is 19. The molecule has 1 atom stereocenters. The number of carboxylic acid groups (broad SMARTS) is 1. The van der Waals surface area contributed by atoms with Gasteiger partial charge in [0.2, 0.25) is 0 Å². The molecule has 0 saturated heterocycles. The van der Waals surface area contributed by atoms with Gasteiger partial charge < -0.3 is 10.8 Å². The Kier molecular flexibility index (Phi) is 18.3. The van der Waals surface area contributed by atoms with E-state index in [2.05, 4.69) is 6.92 Å². The molecule has 0 aromatic carbocycles. The molecule has 0 saturated carbocycles. The molecule has 0 aromatic heterocycles. The van der Waals surface area contributed by atoms with Crippen LogP contribution in [0.2, 0.25) is 0 Å². The fourth-order valence-electron chi connectivity index (χ4n) is 3.28. The van der Waals surface area contributed by atoms with Crippen molar-refractivity contribution in [2.45, 2.75) is 129 Å². The number of carboxylic acids is 1. The molecule has 0 aliphatic carbocycles. The van der Waals surface area contributed by atoms with Gasteiger partial charge in [-0.3, -0.25) is 4.79 Å². The Labute approximate surface area is 150 Å². The maximum absolute atomic E-state index is 10.5. The van der Waals surface area contributed by atoms with Gasteiger partial charge in [-0.15, -0.1) is 0 Å². The Morgan fingerprint density at radius 1 is 0.708 bits per heavy atom. The minimum absolute atomic E-state index is 0.110. The SMILES string of the molecule is CCCCCCCCCCCCCCCCCCC(N)CC(=O)O. The van der Waals surface area contributed by atoms with E-state index in [1.54, 1.807) is 0 Å². The minimum Gasteiger partial charge on any atom is -0.481 e. The van der Waals surface area contributed by atoms with Crippen molar-refractivity contribution in [3.8, 4) is 0 Å². The van der Waals surface area contributed by atoms with Crippen molar-refractivity contribution in [3.63, 3.8) is 0 Å². The van der Waals surface area contributed by atoms with Crippen LogP contribution in [0.15, 0.2) is 0 Å². The van der Waals surface area contributed by atoms with E-state index in [4.69, 9.17) is 10.8 Å².